The molecule has 3 rings (SSSR count). The Kier molecular flexibility index (Phi) is 4.62. The highest BCUT2D eigenvalue weighted by molar-refractivity contribution is 5.19. The minimum absolute atomic E-state index is 0.183. The van der Waals surface area contributed by atoms with E-state index in [0.29, 0.717) is 18.9 Å². The predicted molar refractivity (Wildman–Crippen MR) is 79.0 cm³/mol. The van der Waals surface area contributed by atoms with Crippen LogP contribution < -0.4 is 5.32 Å². The predicted octanol–water partition coefficient (Wildman–Crippen LogP) is 2.47. The molecule has 21 heavy (non-hydrogen) atoms. The molecule has 0 saturated carbocycles. The summed E-state index contributed by atoms with van der Waals surface area (Å²) >= 11 is 0. The van der Waals surface area contributed by atoms with E-state index in [-0.39, 0.29) is 12.0 Å². The van der Waals surface area contributed by atoms with Crippen molar-refractivity contribution in [2.75, 3.05) is 20.3 Å². The molecular formula is C16H21N3O2. The Morgan fingerprint density at radius 3 is 2.90 bits per heavy atom. The van der Waals surface area contributed by atoms with E-state index in [1.54, 1.807) is 0 Å². The van der Waals surface area contributed by atoms with E-state index in [4.69, 9.17) is 9.26 Å². The highest BCUT2D eigenvalue weighted by Gasteiger charge is 2.22. The maximum atomic E-state index is 5.48. The molecule has 1 aliphatic rings. The van der Waals surface area contributed by atoms with Gasteiger partial charge >= 0.3 is 0 Å². The van der Waals surface area contributed by atoms with Crippen LogP contribution in [0.1, 0.15) is 42.1 Å². The highest BCUT2D eigenvalue weighted by Crippen LogP contribution is 2.24. The van der Waals surface area contributed by atoms with Crippen molar-refractivity contribution >= 4 is 0 Å². The molecule has 1 fully saturated rings. The van der Waals surface area contributed by atoms with Crippen LogP contribution in [-0.2, 0) is 11.2 Å². The van der Waals surface area contributed by atoms with Crippen molar-refractivity contribution in [3.63, 3.8) is 0 Å². The third kappa shape index (κ3) is 3.49. The quantitative estimate of drug-likeness (QED) is 0.915. The van der Waals surface area contributed by atoms with Gasteiger partial charge in [-0.25, -0.2) is 0 Å². The van der Waals surface area contributed by atoms with E-state index >= 15 is 0 Å². The van der Waals surface area contributed by atoms with E-state index in [1.807, 2.05) is 25.2 Å². The number of nitrogens with one attached hydrogen (secondary N) is 1. The molecule has 0 spiro atoms. The maximum absolute atomic E-state index is 5.48. The average molecular weight is 287 g/mol. The number of hydrogen-bond donors (Lipinski definition) is 1. The fourth-order valence-corrected chi connectivity index (χ4v) is 2.71. The molecule has 2 unspecified atom stereocenters. The van der Waals surface area contributed by atoms with Gasteiger partial charge in [-0.3, -0.25) is 0 Å². The molecule has 0 bridgehead atoms. The number of hydrogen-bond acceptors (Lipinski definition) is 5. The second-order valence-corrected chi connectivity index (χ2v) is 5.42. The van der Waals surface area contributed by atoms with E-state index in [2.05, 4.69) is 27.6 Å². The summed E-state index contributed by atoms with van der Waals surface area (Å²) in [6.07, 6.45) is 2.84. The number of rotatable bonds is 5. The third-order valence-corrected chi connectivity index (χ3v) is 3.94. The molecule has 5 heteroatoms. The minimum Gasteiger partial charge on any atom is -0.381 e. The van der Waals surface area contributed by atoms with Gasteiger partial charge in [0.15, 0.2) is 5.82 Å². The van der Waals surface area contributed by atoms with Gasteiger partial charge in [-0.05, 0) is 25.5 Å². The number of ether oxygens (including phenoxy) is 1. The average Bonchev–Trinajstić information content (AvgIpc) is 3.03. The number of likely N-dealkylation sites (N-methyl/N-ethyl adjacent to an activating group) is 1. The van der Waals surface area contributed by atoms with Crippen molar-refractivity contribution in [3.8, 4) is 0 Å². The second-order valence-electron chi connectivity index (χ2n) is 5.42. The molecule has 0 radical (unpaired) electrons. The van der Waals surface area contributed by atoms with E-state index in [0.717, 1.165) is 25.3 Å². The molecule has 5 nitrogen and oxygen atoms in total. The topological polar surface area (TPSA) is 60.2 Å². The van der Waals surface area contributed by atoms with Crippen LogP contribution in [0.25, 0.3) is 0 Å². The fraction of sp³-hybridized carbons (Fsp3) is 0.500. The molecule has 1 aromatic carbocycles. The molecule has 1 saturated heterocycles. The SMILES string of the molecule is CNC(Cc1nc(C2CCCOC2)no1)c1ccccc1. The number of nitrogens with zero attached hydrogens (tertiary/aromatic N) is 2. The molecule has 0 amide bonds. The van der Waals surface area contributed by atoms with E-state index in [9.17, 15) is 0 Å². The second kappa shape index (κ2) is 6.83. The molecule has 1 aliphatic heterocycles. The van der Waals surface area contributed by atoms with Gasteiger partial charge in [0.2, 0.25) is 5.89 Å². The van der Waals surface area contributed by atoms with Crippen molar-refractivity contribution in [2.24, 2.45) is 0 Å². The standard InChI is InChI=1S/C16H21N3O2/c1-17-14(12-6-3-2-4-7-12)10-15-18-16(19-21-15)13-8-5-9-20-11-13/h2-4,6-7,13-14,17H,5,8-11H2,1H3. The van der Waals surface area contributed by atoms with Crippen LogP contribution in [-0.4, -0.2) is 30.4 Å². The Balaban J connectivity index is 1.68. The van der Waals surface area contributed by atoms with Crippen LogP contribution in [0.2, 0.25) is 0 Å². The van der Waals surface area contributed by atoms with Crippen LogP contribution in [0.4, 0.5) is 0 Å². The Morgan fingerprint density at radius 2 is 2.19 bits per heavy atom. The van der Waals surface area contributed by atoms with E-state index < -0.39 is 0 Å². The lowest BCUT2D eigenvalue weighted by Crippen LogP contribution is -2.19. The molecule has 2 atom stereocenters. The van der Waals surface area contributed by atoms with Gasteiger partial charge in [0, 0.05) is 25.0 Å². The first-order chi connectivity index (χ1) is 10.4. The molecule has 112 valence electrons. The van der Waals surface area contributed by atoms with Crippen LogP contribution in [0.15, 0.2) is 34.9 Å². The van der Waals surface area contributed by atoms with Crippen LogP contribution in [0.5, 0.6) is 0 Å². The van der Waals surface area contributed by atoms with Gasteiger partial charge in [-0.1, -0.05) is 35.5 Å². The molecule has 1 aromatic heterocycles. The van der Waals surface area contributed by atoms with Crippen LogP contribution in [0, 0.1) is 0 Å². The smallest absolute Gasteiger partial charge is 0.228 e. The summed E-state index contributed by atoms with van der Waals surface area (Å²) < 4.78 is 10.9. The van der Waals surface area contributed by atoms with Gasteiger partial charge in [0.05, 0.1) is 6.61 Å². The van der Waals surface area contributed by atoms with E-state index in [1.165, 1.54) is 5.56 Å². The summed E-state index contributed by atoms with van der Waals surface area (Å²) in [6.45, 7) is 1.55. The minimum atomic E-state index is 0.183. The summed E-state index contributed by atoms with van der Waals surface area (Å²) in [7, 11) is 1.95. The Morgan fingerprint density at radius 1 is 1.33 bits per heavy atom. The van der Waals surface area contributed by atoms with Gasteiger partial charge < -0.3 is 14.6 Å². The van der Waals surface area contributed by atoms with Gasteiger partial charge in [0.1, 0.15) is 0 Å². The Bertz CT molecular complexity index is 550. The van der Waals surface area contributed by atoms with Crippen molar-refractivity contribution in [3.05, 3.63) is 47.6 Å². The zero-order chi connectivity index (χ0) is 14.5. The monoisotopic (exact) mass is 287 g/mol. The largest absolute Gasteiger partial charge is 0.381 e. The van der Waals surface area contributed by atoms with Crippen LogP contribution in [0.3, 0.4) is 0 Å². The van der Waals surface area contributed by atoms with Gasteiger partial charge in [-0.15, -0.1) is 0 Å². The first-order valence-electron chi connectivity index (χ1n) is 7.49. The van der Waals surface area contributed by atoms with Crippen molar-refractivity contribution < 1.29 is 9.26 Å². The first kappa shape index (κ1) is 14.2. The Labute approximate surface area is 124 Å². The van der Waals surface area contributed by atoms with Gasteiger partial charge in [-0.2, -0.15) is 4.98 Å². The molecule has 1 N–H and O–H groups in total. The van der Waals surface area contributed by atoms with Crippen LogP contribution >= 0.6 is 0 Å². The van der Waals surface area contributed by atoms with Crippen molar-refractivity contribution in [1.82, 2.24) is 15.5 Å². The number of benzene rings is 1. The lowest BCUT2D eigenvalue weighted by Gasteiger charge is -2.18. The normalized spacial score (nSPS) is 20.3. The zero-order valence-corrected chi connectivity index (χ0v) is 12.3. The zero-order valence-electron chi connectivity index (χ0n) is 12.3. The summed E-state index contributed by atoms with van der Waals surface area (Å²) in [5.41, 5.74) is 1.22. The maximum Gasteiger partial charge on any atom is 0.228 e. The van der Waals surface area contributed by atoms with Gasteiger partial charge in [0.25, 0.3) is 0 Å². The highest BCUT2D eigenvalue weighted by atomic mass is 16.5. The van der Waals surface area contributed by atoms with Crippen molar-refractivity contribution in [1.29, 1.82) is 0 Å². The molecular weight excluding hydrogens is 266 g/mol. The summed E-state index contributed by atoms with van der Waals surface area (Å²) in [6, 6.07) is 10.5. The molecule has 0 aliphatic carbocycles. The summed E-state index contributed by atoms with van der Waals surface area (Å²) in [4.78, 5) is 4.55. The Hall–Kier alpha value is -1.72. The summed E-state index contributed by atoms with van der Waals surface area (Å²) in [5.74, 6) is 1.74. The fourth-order valence-electron chi connectivity index (χ4n) is 2.71. The lowest BCUT2D eigenvalue weighted by atomic mass is 10.0. The molecule has 2 heterocycles. The van der Waals surface area contributed by atoms with Crippen molar-refractivity contribution in [2.45, 2.75) is 31.2 Å². The molecule has 2 aromatic rings. The third-order valence-electron chi connectivity index (χ3n) is 3.94. The number of aromatic nitrogens is 2. The lowest BCUT2D eigenvalue weighted by molar-refractivity contribution is 0.0773. The first-order valence-corrected chi connectivity index (χ1v) is 7.49. The summed E-state index contributed by atoms with van der Waals surface area (Å²) in [5, 5.41) is 7.43.